The van der Waals surface area contributed by atoms with Crippen LogP contribution in [0, 0.1) is 6.92 Å². The molecule has 18 heavy (non-hydrogen) atoms. The van der Waals surface area contributed by atoms with E-state index >= 15 is 0 Å². The van der Waals surface area contributed by atoms with E-state index in [9.17, 15) is 0 Å². The summed E-state index contributed by atoms with van der Waals surface area (Å²) in [5, 5.41) is 3.24. The first-order chi connectivity index (χ1) is 8.61. The lowest BCUT2D eigenvalue weighted by atomic mass is 10.3. The van der Waals surface area contributed by atoms with E-state index in [2.05, 4.69) is 52.6 Å². The highest BCUT2D eigenvalue weighted by Crippen LogP contribution is 2.33. The van der Waals surface area contributed by atoms with Gasteiger partial charge in [-0.15, -0.1) is 0 Å². The molecule has 0 spiro atoms. The minimum absolute atomic E-state index is 0.367. The first kappa shape index (κ1) is 13.3. The maximum Gasteiger partial charge on any atom is 0.239 e. The molecular weight excluding hydrogens is 362 g/mol. The quantitative estimate of drug-likeness (QED) is 0.569. The third-order valence-electron chi connectivity index (χ3n) is 2.31. The van der Waals surface area contributed by atoms with Gasteiger partial charge in [0.05, 0.1) is 5.69 Å². The zero-order chi connectivity index (χ0) is 13.1. The van der Waals surface area contributed by atoms with Gasteiger partial charge in [0.15, 0.2) is 0 Å². The summed E-state index contributed by atoms with van der Waals surface area (Å²) in [7, 11) is 0. The highest BCUT2D eigenvalue weighted by atomic mass is 79.9. The summed E-state index contributed by atoms with van der Waals surface area (Å²) in [6.07, 6.45) is 1.70. The van der Waals surface area contributed by atoms with Gasteiger partial charge in [-0.1, -0.05) is 6.07 Å². The largest absolute Gasteiger partial charge is 0.338 e. The molecule has 0 fully saturated rings. The molecule has 5 nitrogen and oxygen atoms in total. The first-order valence-electron chi connectivity index (χ1n) is 5.13. The molecule has 0 radical (unpaired) electrons. The lowest BCUT2D eigenvalue weighted by molar-refractivity contribution is 1.09. The average Bonchev–Trinajstić information content (AvgIpc) is 2.36. The Hall–Kier alpha value is -1.18. The average molecular weight is 373 g/mol. The standard InChI is InChI=1S/C11H11Br2N5/c1-6-5-15-11(18-14)17-10(6)16-9-7(12)3-2-4-8(9)13/h2-5H,14H2,1H3,(H2,15,16,17,18). The Morgan fingerprint density at radius 3 is 2.50 bits per heavy atom. The molecule has 0 saturated carbocycles. The number of benzene rings is 1. The second-order valence-electron chi connectivity index (χ2n) is 3.59. The van der Waals surface area contributed by atoms with Crippen molar-refractivity contribution in [1.29, 1.82) is 0 Å². The topological polar surface area (TPSA) is 75.9 Å². The van der Waals surface area contributed by atoms with Crippen LogP contribution in [0.25, 0.3) is 0 Å². The molecule has 1 aromatic carbocycles. The second-order valence-corrected chi connectivity index (χ2v) is 5.30. The zero-order valence-corrected chi connectivity index (χ0v) is 12.7. The number of aromatic nitrogens is 2. The lowest BCUT2D eigenvalue weighted by Crippen LogP contribution is -2.11. The molecule has 0 atom stereocenters. The van der Waals surface area contributed by atoms with Crippen molar-refractivity contribution >= 4 is 49.3 Å². The fraction of sp³-hybridized carbons (Fsp3) is 0.0909. The molecule has 0 amide bonds. The second kappa shape index (κ2) is 5.64. The molecule has 1 heterocycles. The molecule has 0 aliphatic rings. The van der Waals surface area contributed by atoms with Gasteiger partial charge in [0.25, 0.3) is 0 Å². The van der Waals surface area contributed by atoms with E-state index in [0.29, 0.717) is 11.8 Å². The predicted octanol–water partition coefficient (Wildman–Crippen LogP) is 3.34. The maximum absolute atomic E-state index is 5.30. The van der Waals surface area contributed by atoms with Gasteiger partial charge >= 0.3 is 0 Å². The van der Waals surface area contributed by atoms with Gasteiger partial charge in [0.1, 0.15) is 5.82 Å². The Bertz CT molecular complexity index is 553. The van der Waals surface area contributed by atoms with Crippen LogP contribution in [-0.4, -0.2) is 9.97 Å². The molecule has 7 heteroatoms. The van der Waals surface area contributed by atoms with Crippen LogP contribution in [0.5, 0.6) is 0 Å². The zero-order valence-electron chi connectivity index (χ0n) is 9.54. The van der Waals surface area contributed by atoms with Crippen molar-refractivity contribution in [1.82, 2.24) is 9.97 Å². The molecule has 2 rings (SSSR count). The Balaban J connectivity index is 2.39. The summed E-state index contributed by atoms with van der Waals surface area (Å²) in [4.78, 5) is 8.30. The number of nitrogen functional groups attached to an aromatic ring is 1. The van der Waals surface area contributed by atoms with Crippen LogP contribution < -0.4 is 16.6 Å². The predicted molar refractivity (Wildman–Crippen MR) is 79.7 cm³/mol. The maximum atomic E-state index is 5.30. The van der Waals surface area contributed by atoms with Crippen LogP contribution >= 0.6 is 31.9 Å². The van der Waals surface area contributed by atoms with Gasteiger partial charge in [-0.3, -0.25) is 5.43 Å². The van der Waals surface area contributed by atoms with E-state index < -0.39 is 0 Å². The molecule has 1 aromatic heterocycles. The van der Waals surface area contributed by atoms with Crippen LogP contribution in [0.4, 0.5) is 17.5 Å². The van der Waals surface area contributed by atoms with Gasteiger partial charge in [0, 0.05) is 20.7 Å². The molecule has 2 aromatic rings. The lowest BCUT2D eigenvalue weighted by Gasteiger charge is -2.12. The van der Waals surface area contributed by atoms with Crippen molar-refractivity contribution in [3.63, 3.8) is 0 Å². The molecule has 94 valence electrons. The Morgan fingerprint density at radius 2 is 1.89 bits per heavy atom. The molecule has 4 N–H and O–H groups in total. The van der Waals surface area contributed by atoms with E-state index in [1.54, 1.807) is 6.20 Å². The third-order valence-corrected chi connectivity index (χ3v) is 3.63. The van der Waals surface area contributed by atoms with Gasteiger partial charge in [-0.25, -0.2) is 10.8 Å². The number of anilines is 3. The molecule has 0 bridgehead atoms. The summed E-state index contributed by atoms with van der Waals surface area (Å²) in [6, 6.07) is 5.84. The highest BCUT2D eigenvalue weighted by Gasteiger charge is 2.08. The summed E-state index contributed by atoms with van der Waals surface area (Å²) in [5.41, 5.74) is 4.26. The summed E-state index contributed by atoms with van der Waals surface area (Å²) < 4.78 is 1.88. The van der Waals surface area contributed by atoms with Crippen molar-refractivity contribution in [2.24, 2.45) is 5.84 Å². The van der Waals surface area contributed by atoms with Crippen LogP contribution in [0.2, 0.25) is 0 Å². The number of nitrogens with two attached hydrogens (primary N) is 1. The number of hydrogen-bond acceptors (Lipinski definition) is 5. The monoisotopic (exact) mass is 371 g/mol. The number of halogens is 2. The number of rotatable bonds is 3. The van der Waals surface area contributed by atoms with Crippen molar-refractivity contribution in [2.45, 2.75) is 6.92 Å². The van der Waals surface area contributed by atoms with E-state index in [-0.39, 0.29) is 0 Å². The minimum Gasteiger partial charge on any atom is -0.338 e. The molecule has 0 aliphatic heterocycles. The number of para-hydroxylation sites is 1. The fourth-order valence-electron chi connectivity index (χ4n) is 1.37. The summed E-state index contributed by atoms with van der Waals surface area (Å²) in [5.74, 6) is 6.37. The van der Waals surface area contributed by atoms with Crippen LogP contribution in [-0.2, 0) is 0 Å². The first-order valence-corrected chi connectivity index (χ1v) is 6.71. The van der Waals surface area contributed by atoms with E-state index in [1.165, 1.54) is 0 Å². The van der Waals surface area contributed by atoms with Crippen molar-refractivity contribution < 1.29 is 0 Å². The molecular formula is C11H11Br2N5. The number of aryl methyl sites for hydroxylation is 1. The Kier molecular flexibility index (Phi) is 4.15. The summed E-state index contributed by atoms with van der Waals surface area (Å²) >= 11 is 6.98. The fourth-order valence-corrected chi connectivity index (χ4v) is 2.57. The van der Waals surface area contributed by atoms with Crippen molar-refractivity contribution in [3.05, 3.63) is 38.9 Å². The third kappa shape index (κ3) is 2.80. The van der Waals surface area contributed by atoms with Crippen LogP contribution in [0.1, 0.15) is 5.56 Å². The van der Waals surface area contributed by atoms with Gasteiger partial charge in [-0.05, 0) is 50.9 Å². The normalized spacial score (nSPS) is 10.2. The smallest absolute Gasteiger partial charge is 0.239 e. The highest BCUT2D eigenvalue weighted by molar-refractivity contribution is 9.11. The van der Waals surface area contributed by atoms with E-state index in [0.717, 1.165) is 20.2 Å². The van der Waals surface area contributed by atoms with Crippen LogP contribution in [0.15, 0.2) is 33.3 Å². The van der Waals surface area contributed by atoms with Gasteiger partial charge < -0.3 is 5.32 Å². The number of hydrazine groups is 1. The number of nitrogens with one attached hydrogen (secondary N) is 2. The van der Waals surface area contributed by atoms with Crippen molar-refractivity contribution in [2.75, 3.05) is 10.7 Å². The SMILES string of the molecule is Cc1cnc(NN)nc1Nc1c(Br)cccc1Br. The Labute approximate surface area is 121 Å². The molecule has 0 saturated heterocycles. The minimum atomic E-state index is 0.367. The molecule has 0 aliphatic carbocycles. The van der Waals surface area contributed by atoms with Gasteiger partial charge in [-0.2, -0.15) is 4.98 Å². The number of nitrogens with zero attached hydrogens (tertiary/aromatic N) is 2. The van der Waals surface area contributed by atoms with Gasteiger partial charge in [0.2, 0.25) is 5.95 Å². The Morgan fingerprint density at radius 1 is 1.22 bits per heavy atom. The molecule has 0 unspecified atom stereocenters. The van der Waals surface area contributed by atoms with E-state index in [4.69, 9.17) is 5.84 Å². The summed E-state index contributed by atoms with van der Waals surface area (Å²) in [6.45, 7) is 1.92. The van der Waals surface area contributed by atoms with Crippen molar-refractivity contribution in [3.8, 4) is 0 Å². The van der Waals surface area contributed by atoms with E-state index in [1.807, 2.05) is 25.1 Å². The number of hydrogen-bond donors (Lipinski definition) is 3. The van der Waals surface area contributed by atoms with Crippen LogP contribution in [0.3, 0.4) is 0 Å².